The molecule has 0 aliphatic heterocycles. The van der Waals surface area contributed by atoms with Crippen LogP contribution in [0.1, 0.15) is 25.8 Å². The van der Waals surface area contributed by atoms with E-state index in [1.165, 1.54) is 0 Å². The van der Waals surface area contributed by atoms with E-state index in [2.05, 4.69) is 35.1 Å². The molecular weight excluding hydrogens is 294 g/mol. The van der Waals surface area contributed by atoms with Gasteiger partial charge in [0.1, 0.15) is 5.75 Å². The smallest absolute Gasteiger partial charge is 0.224 e. The number of amides is 1. The van der Waals surface area contributed by atoms with Crippen molar-refractivity contribution in [3.8, 4) is 5.75 Å². The number of alkyl halides is 1. The third-order valence-electron chi connectivity index (χ3n) is 2.85. The van der Waals surface area contributed by atoms with Crippen LogP contribution in [-0.2, 0) is 11.2 Å². The first-order valence-corrected chi connectivity index (χ1v) is 7.28. The van der Waals surface area contributed by atoms with Crippen LogP contribution in [0.3, 0.4) is 0 Å². The van der Waals surface area contributed by atoms with E-state index in [9.17, 15) is 9.90 Å². The second kappa shape index (κ2) is 7.41. The van der Waals surface area contributed by atoms with Crippen molar-refractivity contribution >= 4 is 21.8 Å². The predicted octanol–water partition coefficient (Wildman–Crippen LogP) is 2.86. The van der Waals surface area contributed by atoms with Crippen LogP contribution < -0.4 is 5.32 Å². The molecule has 1 atom stereocenters. The summed E-state index contributed by atoms with van der Waals surface area (Å²) in [6.45, 7) is 4.20. The molecule has 1 aromatic rings. The summed E-state index contributed by atoms with van der Waals surface area (Å²) in [4.78, 5) is 11.9. The highest BCUT2D eigenvalue weighted by Gasteiger charge is 2.15. The van der Waals surface area contributed by atoms with Crippen molar-refractivity contribution < 1.29 is 9.90 Å². The second-order valence-electron chi connectivity index (χ2n) is 4.74. The first-order chi connectivity index (χ1) is 8.52. The largest absolute Gasteiger partial charge is 0.508 e. The molecule has 1 rings (SSSR count). The third kappa shape index (κ3) is 5.08. The Bertz CT molecular complexity index is 393. The minimum atomic E-state index is 0.000231. The third-order valence-corrected chi connectivity index (χ3v) is 3.30. The molecule has 0 heterocycles. The molecule has 0 aliphatic carbocycles. The lowest BCUT2D eigenvalue weighted by Gasteiger charge is -2.21. The second-order valence-corrected chi connectivity index (χ2v) is 5.54. The van der Waals surface area contributed by atoms with Gasteiger partial charge in [0, 0.05) is 11.4 Å². The molecule has 0 fully saturated rings. The molecule has 0 radical (unpaired) electrons. The van der Waals surface area contributed by atoms with Crippen molar-refractivity contribution in [2.24, 2.45) is 5.92 Å². The molecule has 0 saturated heterocycles. The van der Waals surface area contributed by atoms with Gasteiger partial charge in [0.15, 0.2) is 0 Å². The Labute approximate surface area is 117 Å². The lowest BCUT2D eigenvalue weighted by Crippen LogP contribution is -2.39. The number of phenolic OH excluding ortho intramolecular Hbond substituents is 1. The Morgan fingerprint density at radius 1 is 1.44 bits per heavy atom. The number of hydrogen-bond acceptors (Lipinski definition) is 2. The summed E-state index contributed by atoms with van der Waals surface area (Å²) in [7, 11) is 0. The molecule has 1 amide bonds. The highest BCUT2D eigenvalue weighted by atomic mass is 79.9. The molecule has 0 aromatic heterocycles. The number of halogens is 1. The lowest BCUT2D eigenvalue weighted by atomic mass is 10.0. The van der Waals surface area contributed by atoms with Crippen molar-refractivity contribution in [2.45, 2.75) is 32.7 Å². The molecule has 0 saturated carbocycles. The molecule has 2 N–H and O–H groups in total. The first kappa shape index (κ1) is 15.0. The van der Waals surface area contributed by atoms with Crippen LogP contribution in [0.2, 0.25) is 0 Å². The summed E-state index contributed by atoms with van der Waals surface area (Å²) in [5.41, 5.74) is 0.828. The zero-order valence-corrected chi connectivity index (χ0v) is 12.4. The molecule has 3 nitrogen and oxygen atoms in total. The van der Waals surface area contributed by atoms with Gasteiger partial charge in [-0.05, 0) is 30.0 Å². The number of hydrogen-bond donors (Lipinski definition) is 2. The van der Waals surface area contributed by atoms with Gasteiger partial charge in [-0.3, -0.25) is 4.79 Å². The fourth-order valence-electron chi connectivity index (χ4n) is 1.80. The average Bonchev–Trinajstić information content (AvgIpc) is 2.28. The Morgan fingerprint density at radius 3 is 2.72 bits per heavy atom. The number of phenols is 1. The Hall–Kier alpha value is -1.03. The van der Waals surface area contributed by atoms with Crippen molar-refractivity contribution in [1.82, 2.24) is 5.32 Å². The normalized spacial score (nSPS) is 12.4. The lowest BCUT2D eigenvalue weighted by molar-refractivity contribution is -0.121. The van der Waals surface area contributed by atoms with Crippen LogP contribution >= 0.6 is 15.9 Å². The van der Waals surface area contributed by atoms with E-state index >= 15 is 0 Å². The summed E-state index contributed by atoms with van der Waals surface area (Å²) in [5, 5.41) is 13.3. The van der Waals surface area contributed by atoms with E-state index in [1.54, 1.807) is 18.2 Å². The van der Waals surface area contributed by atoms with Crippen LogP contribution in [0.25, 0.3) is 0 Å². The maximum absolute atomic E-state index is 11.9. The van der Waals surface area contributed by atoms with Gasteiger partial charge >= 0.3 is 0 Å². The minimum absolute atomic E-state index is 0.000231. The van der Waals surface area contributed by atoms with Gasteiger partial charge in [0.05, 0.1) is 6.42 Å². The number of aromatic hydroxyl groups is 1. The molecule has 0 bridgehead atoms. The molecule has 1 unspecified atom stereocenters. The fourth-order valence-corrected chi connectivity index (χ4v) is 2.29. The standard InChI is InChI=1S/C14H20BrNO2/c1-10(2)13(6-7-15)16-14(18)9-11-4-3-5-12(17)8-11/h3-5,8,10,13,17H,6-7,9H2,1-2H3,(H,16,18). The molecule has 18 heavy (non-hydrogen) atoms. The predicted molar refractivity (Wildman–Crippen MR) is 77.0 cm³/mol. The average molecular weight is 314 g/mol. The van der Waals surface area contributed by atoms with Crippen molar-refractivity contribution in [3.05, 3.63) is 29.8 Å². The number of carbonyl (C=O) groups is 1. The minimum Gasteiger partial charge on any atom is -0.508 e. The molecular formula is C14H20BrNO2. The highest BCUT2D eigenvalue weighted by molar-refractivity contribution is 9.09. The maximum atomic E-state index is 11.9. The maximum Gasteiger partial charge on any atom is 0.224 e. The topological polar surface area (TPSA) is 49.3 Å². The van der Waals surface area contributed by atoms with E-state index < -0.39 is 0 Å². The Morgan fingerprint density at radius 2 is 2.17 bits per heavy atom. The zero-order valence-electron chi connectivity index (χ0n) is 10.8. The summed E-state index contributed by atoms with van der Waals surface area (Å²) >= 11 is 3.40. The van der Waals surface area contributed by atoms with Crippen LogP contribution in [-0.4, -0.2) is 22.4 Å². The van der Waals surface area contributed by atoms with E-state index in [0.717, 1.165) is 17.3 Å². The molecule has 0 spiro atoms. The van der Waals surface area contributed by atoms with Crippen molar-refractivity contribution in [2.75, 3.05) is 5.33 Å². The summed E-state index contributed by atoms with van der Waals surface area (Å²) < 4.78 is 0. The van der Waals surface area contributed by atoms with E-state index in [1.807, 2.05) is 6.07 Å². The number of carbonyl (C=O) groups excluding carboxylic acids is 1. The van der Waals surface area contributed by atoms with Gasteiger partial charge < -0.3 is 10.4 Å². The van der Waals surface area contributed by atoms with Gasteiger partial charge in [-0.1, -0.05) is 41.9 Å². The monoisotopic (exact) mass is 313 g/mol. The highest BCUT2D eigenvalue weighted by Crippen LogP contribution is 2.12. The first-order valence-electron chi connectivity index (χ1n) is 6.16. The van der Waals surface area contributed by atoms with Crippen LogP contribution in [0.5, 0.6) is 5.75 Å². The van der Waals surface area contributed by atoms with Crippen molar-refractivity contribution in [3.63, 3.8) is 0 Å². The van der Waals surface area contributed by atoms with Crippen LogP contribution in [0, 0.1) is 5.92 Å². The van der Waals surface area contributed by atoms with Crippen LogP contribution in [0.4, 0.5) is 0 Å². The fraction of sp³-hybridized carbons (Fsp3) is 0.500. The van der Waals surface area contributed by atoms with Gasteiger partial charge in [-0.25, -0.2) is 0 Å². The molecule has 0 aliphatic rings. The molecule has 1 aromatic carbocycles. The summed E-state index contributed by atoms with van der Waals surface area (Å²) in [6.07, 6.45) is 1.23. The van der Waals surface area contributed by atoms with Crippen LogP contribution in [0.15, 0.2) is 24.3 Å². The quantitative estimate of drug-likeness (QED) is 0.793. The van der Waals surface area contributed by atoms with Gasteiger partial charge in [-0.2, -0.15) is 0 Å². The number of nitrogens with one attached hydrogen (secondary N) is 1. The van der Waals surface area contributed by atoms with E-state index in [-0.39, 0.29) is 17.7 Å². The van der Waals surface area contributed by atoms with E-state index in [4.69, 9.17) is 0 Å². The van der Waals surface area contributed by atoms with Crippen molar-refractivity contribution in [1.29, 1.82) is 0 Å². The Kier molecular flexibility index (Phi) is 6.19. The number of benzene rings is 1. The zero-order chi connectivity index (χ0) is 13.5. The molecule has 4 heteroatoms. The van der Waals surface area contributed by atoms with E-state index in [0.29, 0.717) is 12.3 Å². The SMILES string of the molecule is CC(C)C(CCBr)NC(=O)Cc1cccc(O)c1. The molecule has 100 valence electrons. The summed E-state index contributed by atoms with van der Waals surface area (Å²) in [5.74, 6) is 0.608. The van der Waals surface area contributed by atoms with Gasteiger partial charge in [0.25, 0.3) is 0 Å². The van der Waals surface area contributed by atoms with Gasteiger partial charge in [0.2, 0.25) is 5.91 Å². The van der Waals surface area contributed by atoms with Gasteiger partial charge in [-0.15, -0.1) is 0 Å². The Balaban J connectivity index is 2.55. The number of rotatable bonds is 6. The summed E-state index contributed by atoms with van der Waals surface area (Å²) in [6, 6.07) is 7.00.